The number of hydrogen-bond acceptors (Lipinski definition) is 5. The van der Waals surface area contributed by atoms with Gasteiger partial charge in [-0.25, -0.2) is 9.97 Å². The molecule has 0 aliphatic heterocycles. The molecular weight excluding hydrogens is 288 g/mol. The standard InChI is InChI=1S/C15H19ClN4O/c1-10-7-11(2)19-15(18-10)20-13-5-3-12(4-6-13)17-9-14(21)8-16/h3-7,14,17,21H,8-9H2,1-2H3,(H,18,19,20). The zero-order valence-corrected chi connectivity index (χ0v) is 12.9. The van der Waals surface area contributed by atoms with E-state index in [4.69, 9.17) is 11.6 Å². The monoisotopic (exact) mass is 306 g/mol. The van der Waals surface area contributed by atoms with E-state index in [1.807, 2.05) is 44.2 Å². The lowest BCUT2D eigenvalue weighted by Gasteiger charge is -2.11. The van der Waals surface area contributed by atoms with Crippen LogP contribution in [-0.4, -0.2) is 33.6 Å². The first-order valence-corrected chi connectivity index (χ1v) is 7.27. The molecule has 2 aromatic rings. The number of nitrogens with zero attached hydrogens (tertiary/aromatic N) is 2. The molecule has 0 aliphatic rings. The number of hydrogen-bond donors (Lipinski definition) is 3. The Hall–Kier alpha value is -1.85. The van der Waals surface area contributed by atoms with E-state index in [1.54, 1.807) is 0 Å². The summed E-state index contributed by atoms with van der Waals surface area (Å²) in [5, 5.41) is 15.7. The van der Waals surface area contributed by atoms with Crippen LogP contribution in [0.15, 0.2) is 30.3 Å². The molecule has 1 aromatic heterocycles. The molecule has 0 saturated carbocycles. The number of aliphatic hydroxyl groups excluding tert-OH is 1. The molecule has 3 N–H and O–H groups in total. The van der Waals surface area contributed by atoms with E-state index in [0.717, 1.165) is 22.8 Å². The number of aryl methyl sites for hydroxylation is 2. The molecule has 0 fully saturated rings. The summed E-state index contributed by atoms with van der Waals surface area (Å²) in [6.07, 6.45) is -0.548. The minimum Gasteiger partial charge on any atom is -0.390 e. The van der Waals surface area contributed by atoms with Gasteiger partial charge in [0.1, 0.15) is 0 Å². The van der Waals surface area contributed by atoms with Crippen molar-refractivity contribution in [2.45, 2.75) is 20.0 Å². The molecule has 0 bridgehead atoms. The van der Waals surface area contributed by atoms with Crippen molar-refractivity contribution in [1.29, 1.82) is 0 Å². The van der Waals surface area contributed by atoms with Crippen molar-refractivity contribution in [1.82, 2.24) is 9.97 Å². The summed E-state index contributed by atoms with van der Waals surface area (Å²) < 4.78 is 0. The van der Waals surface area contributed by atoms with Crippen LogP contribution in [0, 0.1) is 13.8 Å². The van der Waals surface area contributed by atoms with Crippen molar-refractivity contribution in [2.24, 2.45) is 0 Å². The zero-order valence-electron chi connectivity index (χ0n) is 12.1. The fourth-order valence-electron chi connectivity index (χ4n) is 1.87. The number of rotatable bonds is 6. The molecule has 1 unspecified atom stereocenters. The molecule has 0 saturated heterocycles. The van der Waals surface area contributed by atoms with Crippen molar-refractivity contribution in [2.75, 3.05) is 23.1 Å². The Morgan fingerprint density at radius 2 is 1.67 bits per heavy atom. The molecular formula is C15H19ClN4O. The lowest BCUT2D eigenvalue weighted by atomic mass is 10.2. The van der Waals surface area contributed by atoms with Crippen LogP contribution in [0.1, 0.15) is 11.4 Å². The van der Waals surface area contributed by atoms with Gasteiger partial charge in [0, 0.05) is 29.3 Å². The van der Waals surface area contributed by atoms with E-state index < -0.39 is 6.10 Å². The maximum Gasteiger partial charge on any atom is 0.227 e. The van der Waals surface area contributed by atoms with Crippen LogP contribution in [0.3, 0.4) is 0 Å². The van der Waals surface area contributed by atoms with Crippen molar-refractivity contribution in [3.05, 3.63) is 41.7 Å². The zero-order chi connectivity index (χ0) is 15.2. The molecule has 6 heteroatoms. The van der Waals surface area contributed by atoms with Gasteiger partial charge in [0.25, 0.3) is 0 Å². The number of aliphatic hydroxyl groups is 1. The first kappa shape index (κ1) is 15.5. The number of nitrogens with one attached hydrogen (secondary N) is 2. The summed E-state index contributed by atoms with van der Waals surface area (Å²) in [4.78, 5) is 8.67. The summed E-state index contributed by atoms with van der Waals surface area (Å²) >= 11 is 5.55. The normalized spacial score (nSPS) is 12.0. The Kier molecular flexibility index (Phi) is 5.36. The number of aromatic nitrogens is 2. The fraction of sp³-hybridized carbons (Fsp3) is 0.333. The Balaban J connectivity index is 1.98. The predicted molar refractivity (Wildman–Crippen MR) is 86.4 cm³/mol. The van der Waals surface area contributed by atoms with E-state index in [0.29, 0.717) is 12.5 Å². The van der Waals surface area contributed by atoms with Crippen LogP contribution in [0.4, 0.5) is 17.3 Å². The SMILES string of the molecule is Cc1cc(C)nc(Nc2ccc(NCC(O)CCl)cc2)n1. The van der Waals surface area contributed by atoms with E-state index in [-0.39, 0.29) is 5.88 Å². The highest BCUT2D eigenvalue weighted by Crippen LogP contribution is 2.17. The van der Waals surface area contributed by atoms with Gasteiger partial charge in [-0.2, -0.15) is 0 Å². The molecule has 0 aliphatic carbocycles. The first-order valence-electron chi connectivity index (χ1n) is 6.74. The van der Waals surface area contributed by atoms with Crippen LogP contribution < -0.4 is 10.6 Å². The summed E-state index contributed by atoms with van der Waals surface area (Å²) in [6.45, 7) is 4.31. The van der Waals surface area contributed by atoms with Gasteiger partial charge in [0.2, 0.25) is 5.95 Å². The second kappa shape index (κ2) is 7.24. The second-order valence-electron chi connectivity index (χ2n) is 4.87. The van der Waals surface area contributed by atoms with Crippen LogP contribution in [-0.2, 0) is 0 Å². The van der Waals surface area contributed by atoms with E-state index in [2.05, 4.69) is 20.6 Å². The molecule has 0 spiro atoms. The topological polar surface area (TPSA) is 70.1 Å². The lowest BCUT2D eigenvalue weighted by molar-refractivity contribution is 0.211. The third-order valence-electron chi connectivity index (χ3n) is 2.84. The van der Waals surface area contributed by atoms with E-state index in [9.17, 15) is 5.11 Å². The highest BCUT2D eigenvalue weighted by molar-refractivity contribution is 6.18. The van der Waals surface area contributed by atoms with Gasteiger partial charge < -0.3 is 15.7 Å². The van der Waals surface area contributed by atoms with Gasteiger partial charge in [-0.15, -0.1) is 11.6 Å². The predicted octanol–water partition coefficient (Wildman–Crippen LogP) is 2.85. The fourth-order valence-corrected chi connectivity index (χ4v) is 1.98. The Bertz CT molecular complexity index is 568. The number of benzene rings is 1. The minimum atomic E-state index is -0.548. The van der Waals surface area contributed by atoms with Crippen LogP contribution in [0.5, 0.6) is 0 Å². The Morgan fingerprint density at radius 3 is 2.24 bits per heavy atom. The van der Waals surface area contributed by atoms with Gasteiger partial charge in [-0.05, 0) is 44.2 Å². The van der Waals surface area contributed by atoms with Gasteiger partial charge in [0.15, 0.2) is 0 Å². The molecule has 21 heavy (non-hydrogen) atoms. The van der Waals surface area contributed by atoms with Crippen molar-refractivity contribution < 1.29 is 5.11 Å². The summed E-state index contributed by atoms with van der Waals surface area (Å²) in [5.41, 5.74) is 3.69. The highest BCUT2D eigenvalue weighted by atomic mass is 35.5. The maximum atomic E-state index is 9.40. The van der Waals surface area contributed by atoms with E-state index in [1.165, 1.54) is 0 Å². The molecule has 0 radical (unpaired) electrons. The molecule has 1 aromatic carbocycles. The minimum absolute atomic E-state index is 0.219. The van der Waals surface area contributed by atoms with E-state index >= 15 is 0 Å². The Labute approximate surface area is 129 Å². The van der Waals surface area contributed by atoms with Gasteiger partial charge in [0.05, 0.1) is 12.0 Å². The quantitative estimate of drug-likeness (QED) is 0.716. The van der Waals surface area contributed by atoms with Crippen molar-refractivity contribution >= 4 is 28.9 Å². The average Bonchev–Trinajstić information content (AvgIpc) is 2.45. The van der Waals surface area contributed by atoms with Crippen LogP contribution in [0.25, 0.3) is 0 Å². The summed E-state index contributed by atoms with van der Waals surface area (Å²) in [5.74, 6) is 0.808. The van der Waals surface area contributed by atoms with Crippen LogP contribution in [0.2, 0.25) is 0 Å². The molecule has 2 rings (SSSR count). The smallest absolute Gasteiger partial charge is 0.227 e. The van der Waals surface area contributed by atoms with Gasteiger partial charge >= 0.3 is 0 Å². The molecule has 0 amide bonds. The first-order chi connectivity index (χ1) is 10.1. The third kappa shape index (κ3) is 4.88. The molecule has 5 nitrogen and oxygen atoms in total. The average molecular weight is 307 g/mol. The largest absolute Gasteiger partial charge is 0.390 e. The van der Waals surface area contributed by atoms with Crippen LogP contribution >= 0.6 is 11.6 Å². The van der Waals surface area contributed by atoms with Gasteiger partial charge in [-0.1, -0.05) is 0 Å². The third-order valence-corrected chi connectivity index (χ3v) is 3.20. The molecule has 1 atom stereocenters. The van der Waals surface area contributed by atoms with Crippen molar-refractivity contribution in [3.63, 3.8) is 0 Å². The highest BCUT2D eigenvalue weighted by Gasteiger charge is 2.03. The van der Waals surface area contributed by atoms with Crippen molar-refractivity contribution in [3.8, 4) is 0 Å². The number of anilines is 3. The Morgan fingerprint density at radius 1 is 1.10 bits per heavy atom. The number of alkyl halides is 1. The van der Waals surface area contributed by atoms with Gasteiger partial charge in [-0.3, -0.25) is 0 Å². The summed E-state index contributed by atoms with van der Waals surface area (Å²) in [6, 6.07) is 9.63. The summed E-state index contributed by atoms with van der Waals surface area (Å²) in [7, 11) is 0. The number of halogens is 1. The lowest BCUT2D eigenvalue weighted by Crippen LogP contribution is -2.20. The maximum absolute atomic E-state index is 9.40. The molecule has 112 valence electrons. The molecule has 1 heterocycles. The second-order valence-corrected chi connectivity index (χ2v) is 5.17.